The van der Waals surface area contributed by atoms with Gasteiger partial charge in [-0.25, -0.2) is 13.6 Å². The van der Waals surface area contributed by atoms with Crippen LogP contribution in [0.5, 0.6) is 0 Å². The summed E-state index contributed by atoms with van der Waals surface area (Å²) >= 11 is 0. The summed E-state index contributed by atoms with van der Waals surface area (Å²) in [6, 6.07) is 3.51. The van der Waals surface area contributed by atoms with Crippen molar-refractivity contribution < 1.29 is 18.3 Å². The van der Waals surface area contributed by atoms with E-state index in [1.807, 2.05) is 0 Å². The molecular formula is C10H11F2NO2. The molecule has 1 N–H and O–H groups in total. The number of halogens is 2. The molecule has 0 aliphatic heterocycles. The van der Waals surface area contributed by atoms with Gasteiger partial charge in [-0.3, -0.25) is 5.32 Å². The van der Waals surface area contributed by atoms with Gasteiger partial charge in [0.25, 0.3) is 0 Å². The summed E-state index contributed by atoms with van der Waals surface area (Å²) in [6.45, 7) is 3.31. The fraction of sp³-hybridized carbons (Fsp3) is 0.300. The summed E-state index contributed by atoms with van der Waals surface area (Å²) in [6.07, 6.45) is -1.13. The van der Waals surface area contributed by atoms with Crippen molar-refractivity contribution in [2.45, 2.75) is 20.0 Å². The number of amides is 1. The van der Waals surface area contributed by atoms with Crippen molar-refractivity contribution in [2.24, 2.45) is 0 Å². The average molecular weight is 215 g/mol. The Bertz CT molecular complexity index is 366. The number of carbonyl (C=O) groups is 1. The molecule has 0 saturated carbocycles. The lowest BCUT2D eigenvalue weighted by Crippen LogP contribution is -2.18. The summed E-state index contributed by atoms with van der Waals surface area (Å²) in [5, 5.41) is 2.11. The first kappa shape index (κ1) is 11.4. The van der Waals surface area contributed by atoms with Gasteiger partial charge in [-0.05, 0) is 26.0 Å². The summed E-state index contributed by atoms with van der Waals surface area (Å²) in [5.74, 6) is -2.12. The van der Waals surface area contributed by atoms with Gasteiger partial charge < -0.3 is 4.74 Å². The van der Waals surface area contributed by atoms with Gasteiger partial charge in [0.1, 0.15) is 0 Å². The quantitative estimate of drug-likeness (QED) is 0.823. The fourth-order valence-electron chi connectivity index (χ4n) is 0.954. The minimum absolute atomic E-state index is 0.236. The normalized spacial score (nSPS) is 10.2. The van der Waals surface area contributed by atoms with Gasteiger partial charge in [0.2, 0.25) is 0 Å². The van der Waals surface area contributed by atoms with E-state index in [0.717, 1.165) is 6.07 Å². The van der Waals surface area contributed by atoms with Gasteiger partial charge in [0, 0.05) is 0 Å². The smallest absolute Gasteiger partial charge is 0.411 e. The number of rotatable bonds is 2. The van der Waals surface area contributed by atoms with E-state index in [0.29, 0.717) is 0 Å². The molecule has 3 nitrogen and oxygen atoms in total. The first-order chi connectivity index (χ1) is 7.00. The number of carbonyl (C=O) groups excluding carboxylic acids is 1. The Kier molecular flexibility index (Phi) is 3.60. The maximum Gasteiger partial charge on any atom is 0.411 e. The molecule has 1 aromatic rings. The van der Waals surface area contributed by atoms with Crippen LogP contribution in [-0.4, -0.2) is 12.2 Å². The fourth-order valence-corrected chi connectivity index (χ4v) is 0.954. The van der Waals surface area contributed by atoms with Crippen molar-refractivity contribution in [3.63, 3.8) is 0 Å². The van der Waals surface area contributed by atoms with Crippen molar-refractivity contribution >= 4 is 11.8 Å². The van der Waals surface area contributed by atoms with Crippen LogP contribution in [0.4, 0.5) is 19.3 Å². The third-order valence-electron chi connectivity index (χ3n) is 1.53. The molecule has 0 spiro atoms. The topological polar surface area (TPSA) is 38.3 Å². The summed E-state index contributed by atoms with van der Waals surface area (Å²) in [7, 11) is 0. The predicted molar refractivity (Wildman–Crippen MR) is 51.6 cm³/mol. The summed E-state index contributed by atoms with van der Waals surface area (Å²) < 4.78 is 30.5. The third-order valence-corrected chi connectivity index (χ3v) is 1.53. The van der Waals surface area contributed by atoms with Crippen LogP contribution in [0.1, 0.15) is 13.8 Å². The van der Waals surface area contributed by atoms with Gasteiger partial charge >= 0.3 is 6.09 Å². The molecule has 0 radical (unpaired) electrons. The van der Waals surface area contributed by atoms with E-state index in [1.165, 1.54) is 12.1 Å². The van der Waals surface area contributed by atoms with Crippen LogP contribution in [0.25, 0.3) is 0 Å². The molecule has 0 aromatic heterocycles. The second-order valence-corrected chi connectivity index (χ2v) is 3.18. The van der Waals surface area contributed by atoms with Gasteiger partial charge in [-0.1, -0.05) is 6.07 Å². The highest BCUT2D eigenvalue weighted by atomic mass is 19.2. The zero-order valence-electron chi connectivity index (χ0n) is 8.38. The van der Waals surface area contributed by atoms with Gasteiger partial charge in [0.15, 0.2) is 11.6 Å². The first-order valence-electron chi connectivity index (χ1n) is 4.42. The number of anilines is 1. The van der Waals surface area contributed by atoms with E-state index in [-0.39, 0.29) is 11.8 Å². The van der Waals surface area contributed by atoms with Crippen LogP contribution in [0.2, 0.25) is 0 Å². The highest BCUT2D eigenvalue weighted by Crippen LogP contribution is 2.16. The molecule has 0 saturated heterocycles. The van der Waals surface area contributed by atoms with Crippen molar-refractivity contribution in [2.75, 3.05) is 5.32 Å². The zero-order valence-corrected chi connectivity index (χ0v) is 8.38. The number of hydrogen-bond donors (Lipinski definition) is 1. The Balaban J connectivity index is 2.73. The molecule has 1 rings (SSSR count). The van der Waals surface area contributed by atoms with E-state index in [1.54, 1.807) is 13.8 Å². The molecule has 0 aliphatic rings. The number of hydrogen-bond acceptors (Lipinski definition) is 2. The van der Waals surface area contributed by atoms with Crippen molar-refractivity contribution in [3.05, 3.63) is 29.8 Å². The monoisotopic (exact) mass is 215 g/mol. The molecule has 5 heteroatoms. The second-order valence-electron chi connectivity index (χ2n) is 3.18. The van der Waals surface area contributed by atoms with Crippen LogP contribution in [0, 0.1) is 11.6 Å². The standard InChI is InChI=1S/C10H11F2NO2/c1-6(2)15-10(14)13-8-5-3-4-7(11)9(8)12/h3-6H,1-2H3,(H,13,14). The highest BCUT2D eigenvalue weighted by molar-refractivity contribution is 5.84. The molecule has 0 bridgehead atoms. The maximum atomic E-state index is 13.1. The molecule has 1 aromatic carbocycles. The van der Waals surface area contributed by atoms with Crippen molar-refractivity contribution in [1.82, 2.24) is 0 Å². The third kappa shape index (κ3) is 3.19. The zero-order chi connectivity index (χ0) is 11.4. The van der Waals surface area contributed by atoms with Gasteiger partial charge in [-0.15, -0.1) is 0 Å². The molecular weight excluding hydrogens is 204 g/mol. The minimum atomic E-state index is -1.10. The Morgan fingerprint density at radius 3 is 2.67 bits per heavy atom. The largest absolute Gasteiger partial charge is 0.447 e. The Labute approximate surface area is 86.0 Å². The molecule has 15 heavy (non-hydrogen) atoms. The van der Waals surface area contributed by atoms with E-state index in [4.69, 9.17) is 4.74 Å². The summed E-state index contributed by atoms with van der Waals surface area (Å²) in [5.41, 5.74) is -0.236. The van der Waals surface area contributed by atoms with Crippen LogP contribution >= 0.6 is 0 Å². The van der Waals surface area contributed by atoms with E-state index in [9.17, 15) is 13.6 Å². The lowest BCUT2D eigenvalue weighted by molar-refractivity contribution is 0.130. The Morgan fingerprint density at radius 2 is 2.07 bits per heavy atom. The summed E-state index contributed by atoms with van der Waals surface area (Å²) in [4.78, 5) is 11.1. The van der Waals surface area contributed by atoms with E-state index in [2.05, 4.69) is 5.32 Å². The molecule has 1 amide bonds. The number of benzene rings is 1. The lowest BCUT2D eigenvalue weighted by atomic mass is 10.3. The van der Waals surface area contributed by atoms with Crippen LogP contribution in [0.3, 0.4) is 0 Å². The van der Waals surface area contributed by atoms with Crippen LogP contribution in [-0.2, 0) is 4.74 Å². The maximum absolute atomic E-state index is 13.1. The van der Waals surface area contributed by atoms with Gasteiger partial charge in [0.05, 0.1) is 11.8 Å². The number of nitrogens with one attached hydrogen (secondary N) is 1. The molecule has 82 valence electrons. The Hall–Kier alpha value is -1.65. The van der Waals surface area contributed by atoms with Crippen LogP contribution < -0.4 is 5.32 Å². The van der Waals surface area contributed by atoms with Crippen molar-refractivity contribution in [3.8, 4) is 0 Å². The van der Waals surface area contributed by atoms with E-state index >= 15 is 0 Å². The Morgan fingerprint density at radius 1 is 1.40 bits per heavy atom. The highest BCUT2D eigenvalue weighted by Gasteiger charge is 2.11. The van der Waals surface area contributed by atoms with Crippen molar-refractivity contribution in [1.29, 1.82) is 0 Å². The molecule has 0 heterocycles. The molecule has 0 fully saturated rings. The van der Waals surface area contributed by atoms with Gasteiger partial charge in [-0.2, -0.15) is 0 Å². The lowest BCUT2D eigenvalue weighted by Gasteiger charge is -2.09. The molecule has 0 atom stereocenters. The predicted octanol–water partition coefficient (Wildman–Crippen LogP) is 2.92. The van der Waals surface area contributed by atoms with Crippen LogP contribution in [0.15, 0.2) is 18.2 Å². The SMILES string of the molecule is CC(C)OC(=O)Nc1cccc(F)c1F. The average Bonchev–Trinajstić information content (AvgIpc) is 2.11. The second kappa shape index (κ2) is 4.72. The number of ether oxygens (including phenoxy) is 1. The van der Waals surface area contributed by atoms with E-state index < -0.39 is 17.7 Å². The minimum Gasteiger partial charge on any atom is -0.447 e. The molecule has 0 unspecified atom stereocenters. The molecule has 0 aliphatic carbocycles. The first-order valence-corrected chi connectivity index (χ1v) is 4.42.